The van der Waals surface area contributed by atoms with E-state index in [0.29, 0.717) is 54.0 Å². The quantitative estimate of drug-likeness (QED) is 0.102. The van der Waals surface area contributed by atoms with E-state index in [9.17, 15) is 0 Å². The summed E-state index contributed by atoms with van der Waals surface area (Å²) in [4.78, 5) is 4.31. The minimum absolute atomic E-state index is 0.287. The Labute approximate surface area is 320 Å². The standard InChI is InChI=1S/C36H38Br2F2N4S4Si/c1-5-9-11-19(7-3)17-49(18-20(8-4)12-10-6-2)27-15-25(29-23(39)13-21(37)31-33(29)43-47-41-31)45-35(27)36-28(49)16-26(46-36)30-24(40)14-22(38)32-34(30)44-48-42-32/h13-16,19-20H,5-12,17-18H2,1-4H3. The second-order valence-electron chi connectivity index (χ2n) is 13.4. The van der Waals surface area contributed by atoms with Crippen molar-refractivity contribution in [2.24, 2.45) is 11.8 Å². The first-order valence-corrected chi connectivity index (χ1v) is 24.3. The van der Waals surface area contributed by atoms with Gasteiger partial charge in [0, 0.05) is 28.5 Å². The van der Waals surface area contributed by atoms with Crippen molar-refractivity contribution in [2.45, 2.75) is 91.1 Å². The predicted molar refractivity (Wildman–Crippen MR) is 217 cm³/mol. The number of aromatic nitrogens is 4. The summed E-state index contributed by atoms with van der Waals surface area (Å²) in [7, 11) is -2.43. The minimum Gasteiger partial charge on any atom is -0.206 e. The van der Waals surface area contributed by atoms with Gasteiger partial charge in [0.2, 0.25) is 0 Å². The van der Waals surface area contributed by atoms with Crippen LogP contribution in [0.15, 0.2) is 33.2 Å². The summed E-state index contributed by atoms with van der Waals surface area (Å²) < 4.78 is 51.4. The van der Waals surface area contributed by atoms with Crippen LogP contribution in [0.2, 0.25) is 12.1 Å². The number of halogens is 4. The molecule has 1 aliphatic heterocycles. The van der Waals surface area contributed by atoms with Gasteiger partial charge in [-0.2, -0.15) is 17.5 Å². The first kappa shape index (κ1) is 35.9. The second kappa shape index (κ2) is 14.9. The van der Waals surface area contributed by atoms with Gasteiger partial charge in [-0.3, -0.25) is 0 Å². The summed E-state index contributed by atoms with van der Waals surface area (Å²) in [6.45, 7) is 9.25. The smallest absolute Gasteiger partial charge is 0.135 e. The molecule has 0 saturated heterocycles. The van der Waals surface area contributed by atoms with E-state index in [1.807, 2.05) is 0 Å². The van der Waals surface area contributed by atoms with Crippen molar-refractivity contribution in [3.8, 4) is 30.6 Å². The summed E-state index contributed by atoms with van der Waals surface area (Å²) in [5, 5.41) is 2.89. The van der Waals surface area contributed by atoms with Crippen LogP contribution in [0.4, 0.5) is 8.78 Å². The van der Waals surface area contributed by atoms with Gasteiger partial charge in [0.15, 0.2) is 0 Å². The van der Waals surface area contributed by atoms with Crippen LogP contribution in [0, 0.1) is 23.5 Å². The Kier molecular flexibility index (Phi) is 10.9. The van der Waals surface area contributed by atoms with Gasteiger partial charge in [0.05, 0.1) is 34.6 Å². The predicted octanol–water partition coefficient (Wildman–Crippen LogP) is 12.9. The fourth-order valence-corrected chi connectivity index (χ4v) is 20.7. The molecule has 0 saturated carbocycles. The molecule has 5 heterocycles. The number of unbranched alkanes of at least 4 members (excludes halogenated alkanes) is 2. The largest absolute Gasteiger partial charge is 0.206 e. The lowest BCUT2D eigenvalue weighted by Crippen LogP contribution is -2.56. The van der Waals surface area contributed by atoms with Crippen molar-refractivity contribution >= 4 is 119 Å². The Hall–Kier alpha value is -1.48. The third-order valence-corrected chi connectivity index (χ3v) is 20.9. The van der Waals surface area contributed by atoms with E-state index >= 15 is 8.78 Å². The van der Waals surface area contributed by atoms with Crippen molar-refractivity contribution in [3.63, 3.8) is 0 Å². The monoisotopic (exact) mass is 878 g/mol. The Bertz CT molecular complexity index is 1990. The van der Waals surface area contributed by atoms with Crippen molar-refractivity contribution in [1.29, 1.82) is 0 Å². The molecule has 1 aliphatic rings. The van der Waals surface area contributed by atoms with Gasteiger partial charge in [-0.25, -0.2) is 8.78 Å². The maximum absolute atomic E-state index is 16.0. The Morgan fingerprint density at radius 3 is 1.43 bits per heavy atom. The van der Waals surface area contributed by atoms with E-state index in [-0.39, 0.29) is 11.6 Å². The Balaban J connectivity index is 1.49. The lowest BCUT2D eigenvalue weighted by molar-refractivity contribution is 0.469. The summed E-state index contributed by atoms with van der Waals surface area (Å²) in [5.41, 5.74) is 3.68. The highest BCUT2D eigenvalue weighted by Gasteiger charge is 2.50. The van der Waals surface area contributed by atoms with Gasteiger partial charge in [-0.1, -0.05) is 79.1 Å². The molecule has 0 bridgehead atoms. The van der Waals surface area contributed by atoms with Crippen molar-refractivity contribution < 1.29 is 8.78 Å². The van der Waals surface area contributed by atoms with Crippen LogP contribution in [-0.2, 0) is 0 Å². The molecular weight excluding hydrogens is 843 g/mol. The zero-order valence-electron chi connectivity index (χ0n) is 28.0. The first-order chi connectivity index (χ1) is 23.7. The molecule has 4 aromatic heterocycles. The van der Waals surface area contributed by atoms with Gasteiger partial charge >= 0.3 is 0 Å². The van der Waals surface area contributed by atoms with Crippen LogP contribution in [0.1, 0.15) is 79.1 Å². The zero-order chi connectivity index (χ0) is 34.4. The number of hydrogen-bond donors (Lipinski definition) is 0. The maximum Gasteiger partial charge on any atom is 0.135 e. The van der Waals surface area contributed by atoms with Crippen LogP contribution in [0.5, 0.6) is 0 Å². The van der Waals surface area contributed by atoms with Crippen molar-refractivity contribution in [3.05, 3.63) is 44.8 Å². The highest BCUT2D eigenvalue weighted by atomic mass is 79.9. The van der Waals surface area contributed by atoms with Crippen molar-refractivity contribution in [2.75, 3.05) is 0 Å². The average molecular weight is 881 g/mol. The van der Waals surface area contributed by atoms with Crippen LogP contribution < -0.4 is 10.4 Å². The number of hydrogen-bond acceptors (Lipinski definition) is 8. The molecule has 258 valence electrons. The molecule has 2 unspecified atom stereocenters. The summed E-state index contributed by atoms with van der Waals surface area (Å²) in [6, 6.07) is 10.1. The number of thiophene rings is 2. The van der Waals surface area contributed by atoms with Crippen LogP contribution >= 0.6 is 78.0 Å². The van der Waals surface area contributed by atoms with E-state index in [0.717, 1.165) is 58.1 Å². The van der Waals surface area contributed by atoms with Gasteiger partial charge < -0.3 is 0 Å². The topological polar surface area (TPSA) is 51.6 Å². The normalized spacial score (nSPS) is 14.9. The molecule has 0 spiro atoms. The van der Waals surface area contributed by atoms with Crippen molar-refractivity contribution in [1.82, 2.24) is 17.5 Å². The molecule has 2 atom stereocenters. The van der Waals surface area contributed by atoms with Crippen LogP contribution in [0.3, 0.4) is 0 Å². The van der Waals surface area contributed by atoms with E-state index < -0.39 is 8.07 Å². The Morgan fingerprint density at radius 2 is 1.04 bits per heavy atom. The number of rotatable bonds is 14. The molecule has 0 N–H and O–H groups in total. The molecule has 0 aliphatic carbocycles. The molecule has 49 heavy (non-hydrogen) atoms. The van der Waals surface area contributed by atoms with Gasteiger partial charge in [-0.15, -0.1) is 22.7 Å². The molecule has 2 aromatic carbocycles. The minimum atomic E-state index is -2.43. The summed E-state index contributed by atoms with van der Waals surface area (Å²) in [5.74, 6) is 0.619. The molecule has 7 rings (SSSR count). The second-order valence-corrected chi connectivity index (χ2v) is 22.3. The summed E-state index contributed by atoms with van der Waals surface area (Å²) in [6.07, 6.45) is 9.50. The fraction of sp³-hybridized carbons (Fsp3) is 0.444. The SMILES string of the molecule is CCCCC(CC)C[Si]1(CC(CC)CCCC)c2cc(-c3c(F)cc(Br)c4nsnc34)sc2-c2sc(-c3c(F)cc(Br)c4nsnc34)cc21. The molecule has 6 aromatic rings. The summed E-state index contributed by atoms with van der Waals surface area (Å²) >= 11 is 12.6. The van der Waals surface area contributed by atoms with E-state index in [1.165, 1.54) is 70.8 Å². The highest BCUT2D eigenvalue weighted by molar-refractivity contribution is 9.11. The zero-order valence-corrected chi connectivity index (χ0v) is 35.4. The van der Waals surface area contributed by atoms with Crippen LogP contribution in [-0.4, -0.2) is 25.6 Å². The maximum atomic E-state index is 16.0. The molecule has 0 amide bonds. The number of fused-ring (bicyclic) bond motifs is 5. The van der Waals surface area contributed by atoms with Gasteiger partial charge in [0.25, 0.3) is 0 Å². The third-order valence-electron chi connectivity index (χ3n) is 10.4. The van der Waals surface area contributed by atoms with Crippen LogP contribution in [0.25, 0.3) is 52.7 Å². The van der Waals surface area contributed by atoms with E-state index in [4.69, 9.17) is 0 Å². The molecule has 0 radical (unpaired) electrons. The van der Waals surface area contributed by atoms with E-state index in [1.54, 1.807) is 22.7 Å². The first-order valence-electron chi connectivity index (χ1n) is 17.2. The molecule has 0 fully saturated rings. The third kappa shape index (κ3) is 6.35. The van der Waals surface area contributed by atoms with Gasteiger partial charge in [-0.05, 0) is 90.4 Å². The average Bonchev–Trinajstić information content (AvgIpc) is 3.91. The fourth-order valence-electron chi connectivity index (χ4n) is 7.83. The highest BCUT2D eigenvalue weighted by Crippen LogP contribution is 2.51. The lowest BCUT2D eigenvalue weighted by Gasteiger charge is -2.35. The van der Waals surface area contributed by atoms with E-state index in [2.05, 4.69) is 89.2 Å². The molecule has 13 heteroatoms. The van der Waals surface area contributed by atoms with Gasteiger partial charge in [0.1, 0.15) is 41.8 Å². The molecule has 4 nitrogen and oxygen atoms in total. The lowest BCUT2D eigenvalue weighted by atomic mass is 10.0. The number of benzene rings is 2. The number of nitrogens with zero attached hydrogens (tertiary/aromatic N) is 4. The molecular formula is C36H38Br2F2N4S4Si. The Morgan fingerprint density at radius 1 is 0.633 bits per heavy atom.